The van der Waals surface area contributed by atoms with E-state index >= 15 is 0 Å². The van der Waals surface area contributed by atoms with Crippen LogP contribution in [0.1, 0.15) is 32.9 Å². The van der Waals surface area contributed by atoms with Crippen LogP contribution in [0.15, 0.2) is 23.6 Å². The zero-order valence-electron chi connectivity index (χ0n) is 21.6. The molecule has 4 rings (SSSR count). The van der Waals surface area contributed by atoms with Crippen LogP contribution in [0, 0.1) is 0 Å². The van der Waals surface area contributed by atoms with Gasteiger partial charge in [-0.2, -0.15) is 13.2 Å². The fraction of sp³-hybridized carbons (Fsp3) is 0.440. The van der Waals surface area contributed by atoms with Crippen molar-refractivity contribution in [2.75, 3.05) is 20.8 Å². The number of esters is 1. The molecule has 0 N–H and O–H groups in total. The molecule has 1 saturated heterocycles. The fourth-order valence-corrected chi connectivity index (χ4v) is 5.11. The second-order valence-corrected chi connectivity index (χ2v) is 10.9. The first kappa shape index (κ1) is 28.7. The monoisotopic (exact) mass is 587 g/mol. The molecule has 1 amide bonds. The Kier molecular flexibility index (Phi) is 7.86. The Bertz CT molecular complexity index is 1410. The second kappa shape index (κ2) is 10.7. The fourth-order valence-electron chi connectivity index (χ4n) is 4.04. The molecular weight excluding hydrogens is 563 g/mol. The third-order valence-corrected chi connectivity index (χ3v) is 6.97. The number of hydrogen-bond donors (Lipinski definition) is 0. The predicted octanol–water partition coefficient (Wildman–Crippen LogP) is 5.97. The number of thiazole rings is 1. The highest BCUT2D eigenvalue weighted by Crippen LogP contribution is 2.41. The van der Waals surface area contributed by atoms with Gasteiger partial charge in [0.05, 0.1) is 26.3 Å². The summed E-state index contributed by atoms with van der Waals surface area (Å²) in [4.78, 5) is 34.7. The lowest BCUT2D eigenvalue weighted by molar-refractivity contribution is -0.145. The molecule has 9 nitrogen and oxygen atoms in total. The number of carbonyl (C=O) groups excluding carboxylic acids is 2. The standard InChI is InChI=1S/C25H25ClF3N3O6S/c1-24(2,3)38-23(34)32-10-12(8-15(32)22(33)36-5)37-17-9-14(21-31-18(11-39-21)25(27,28)29)30-20-13(17)6-7-16(35-4)19(20)26/h6-7,9,11-12,15H,8,10H2,1-5H3/t12-,15-/m0/s1. The van der Waals surface area contributed by atoms with Gasteiger partial charge < -0.3 is 18.9 Å². The molecule has 0 spiro atoms. The summed E-state index contributed by atoms with van der Waals surface area (Å²) in [6.07, 6.45) is -5.93. The van der Waals surface area contributed by atoms with Crippen molar-refractivity contribution in [3.05, 3.63) is 34.3 Å². The molecule has 0 unspecified atom stereocenters. The van der Waals surface area contributed by atoms with Crippen molar-refractivity contribution in [1.29, 1.82) is 0 Å². The van der Waals surface area contributed by atoms with E-state index in [1.54, 1.807) is 32.9 Å². The van der Waals surface area contributed by atoms with E-state index in [2.05, 4.69) is 9.97 Å². The van der Waals surface area contributed by atoms with E-state index in [1.807, 2.05) is 0 Å². The minimum Gasteiger partial charge on any atom is -0.495 e. The minimum absolute atomic E-state index is 0.00204. The molecule has 0 aliphatic carbocycles. The number of hydrogen-bond acceptors (Lipinski definition) is 9. The summed E-state index contributed by atoms with van der Waals surface area (Å²) in [6.45, 7) is 5.10. The van der Waals surface area contributed by atoms with Crippen LogP contribution >= 0.6 is 22.9 Å². The van der Waals surface area contributed by atoms with Gasteiger partial charge in [0.1, 0.15) is 45.0 Å². The Morgan fingerprint density at radius 2 is 1.85 bits per heavy atom. The first-order chi connectivity index (χ1) is 18.2. The maximum Gasteiger partial charge on any atom is 0.434 e. The van der Waals surface area contributed by atoms with Crippen LogP contribution in [-0.2, 0) is 20.4 Å². The quantitative estimate of drug-likeness (QED) is 0.337. The molecule has 210 valence electrons. The number of fused-ring (bicyclic) bond motifs is 1. The number of benzene rings is 1. The predicted molar refractivity (Wildman–Crippen MR) is 137 cm³/mol. The van der Waals surface area contributed by atoms with Gasteiger partial charge in [0.25, 0.3) is 0 Å². The summed E-state index contributed by atoms with van der Waals surface area (Å²) in [6, 6.07) is 3.74. The van der Waals surface area contributed by atoms with Crippen molar-refractivity contribution in [2.24, 2.45) is 0 Å². The number of ether oxygens (including phenoxy) is 4. The number of pyridine rings is 1. The molecule has 1 aliphatic heterocycles. The number of halogens is 4. The number of rotatable bonds is 5. The highest BCUT2D eigenvalue weighted by molar-refractivity contribution is 7.13. The average molecular weight is 588 g/mol. The topological polar surface area (TPSA) is 100 Å². The summed E-state index contributed by atoms with van der Waals surface area (Å²) >= 11 is 7.27. The lowest BCUT2D eigenvalue weighted by Crippen LogP contribution is -2.44. The smallest absolute Gasteiger partial charge is 0.434 e. The van der Waals surface area contributed by atoms with Crippen molar-refractivity contribution >= 4 is 45.9 Å². The maximum absolute atomic E-state index is 13.2. The molecule has 1 fully saturated rings. The number of amides is 1. The van der Waals surface area contributed by atoms with Crippen LogP contribution < -0.4 is 9.47 Å². The molecular formula is C25H25ClF3N3O6S. The van der Waals surface area contributed by atoms with Gasteiger partial charge in [-0.05, 0) is 32.9 Å². The SMILES string of the molecule is COC(=O)[C@@H]1C[C@H](Oc2cc(-c3nc(C(F)(F)F)cs3)nc3c(Cl)c(OC)ccc23)CN1C(=O)OC(C)(C)C. The average Bonchev–Trinajstić information content (AvgIpc) is 3.51. The zero-order chi connectivity index (χ0) is 28.7. The van der Waals surface area contributed by atoms with Crippen LogP contribution in [0.4, 0.5) is 18.0 Å². The van der Waals surface area contributed by atoms with Gasteiger partial charge in [-0.25, -0.2) is 19.6 Å². The Morgan fingerprint density at radius 3 is 2.44 bits per heavy atom. The summed E-state index contributed by atoms with van der Waals surface area (Å²) in [5, 5.41) is 1.47. The normalized spacial score (nSPS) is 17.8. The van der Waals surface area contributed by atoms with Gasteiger partial charge in [-0.3, -0.25) is 4.90 Å². The summed E-state index contributed by atoms with van der Waals surface area (Å²) in [5.41, 5.74) is -1.53. The van der Waals surface area contributed by atoms with E-state index in [-0.39, 0.29) is 40.0 Å². The second-order valence-electron chi connectivity index (χ2n) is 9.67. The molecule has 39 heavy (non-hydrogen) atoms. The van der Waals surface area contributed by atoms with Gasteiger partial charge >= 0.3 is 18.2 Å². The van der Waals surface area contributed by atoms with Crippen molar-refractivity contribution in [2.45, 2.75) is 51.1 Å². The zero-order valence-corrected chi connectivity index (χ0v) is 23.2. The highest BCUT2D eigenvalue weighted by atomic mass is 35.5. The van der Waals surface area contributed by atoms with Crippen LogP contribution in [0.2, 0.25) is 5.02 Å². The molecule has 2 atom stereocenters. The van der Waals surface area contributed by atoms with Crippen LogP contribution in [0.3, 0.4) is 0 Å². The molecule has 0 saturated carbocycles. The molecule has 3 heterocycles. The van der Waals surface area contributed by atoms with E-state index in [1.165, 1.54) is 25.2 Å². The van der Waals surface area contributed by atoms with E-state index in [0.717, 1.165) is 16.7 Å². The molecule has 0 bridgehead atoms. The number of alkyl halides is 3. The number of aromatic nitrogens is 2. The van der Waals surface area contributed by atoms with Crippen LogP contribution in [-0.4, -0.2) is 65.4 Å². The molecule has 14 heteroatoms. The minimum atomic E-state index is -4.62. The van der Waals surface area contributed by atoms with E-state index < -0.39 is 41.7 Å². The Morgan fingerprint density at radius 1 is 1.13 bits per heavy atom. The van der Waals surface area contributed by atoms with Gasteiger partial charge in [0, 0.05) is 23.3 Å². The molecule has 3 aromatic rings. The number of likely N-dealkylation sites (tertiary alicyclic amines) is 1. The van der Waals surface area contributed by atoms with Crippen molar-refractivity contribution in [3.63, 3.8) is 0 Å². The number of nitrogens with zero attached hydrogens (tertiary/aromatic N) is 3. The van der Waals surface area contributed by atoms with Gasteiger partial charge in [0.2, 0.25) is 0 Å². The third kappa shape index (κ3) is 6.14. The molecule has 2 aromatic heterocycles. The van der Waals surface area contributed by atoms with Gasteiger partial charge in [0.15, 0.2) is 5.69 Å². The molecule has 0 radical (unpaired) electrons. The largest absolute Gasteiger partial charge is 0.495 e. The number of carbonyl (C=O) groups is 2. The van der Waals surface area contributed by atoms with Crippen molar-refractivity contribution in [3.8, 4) is 22.2 Å². The Balaban J connectivity index is 1.74. The van der Waals surface area contributed by atoms with Crippen LogP contribution in [0.25, 0.3) is 21.6 Å². The molecule has 1 aromatic carbocycles. The highest BCUT2D eigenvalue weighted by Gasteiger charge is 2.43. The van der Waals surface area contributed by atoms with Gasteiger partial charge in [-0.1, -0.05) is 11.6 Å². The van der Waals surface area contributed by atoms with Crippen molar-refractivity contribution in [1.82, 2.24) is 14.9 Å². The Hall–Kier alpha value is -3.32. The van der Waals surface area contributed by atoms with Gasteiger partial charge in [-0.15, -0.1) is 11.3 Å². The van der Waals surface area contributed by atoms with Crippen LogP contribution in [0.5, 0.6) is 11.5 Å². The lowest BCUT2D eigenvalue weighted by Gasteiger charge is -2.27. The third-order valence-electron chi connectivity index (χ3n) is 5.74. The first-order valence-corrected chi connectivity index (χ1v) is 12.9. The van der Waals surface area contributed by atoms with Crippen molar-refractivity contribution < 1.29 is 41.7 Å². The van der Waals surface area contributed by atoms with E-state index in [9.17, 15) is 22.8 Å². The molecule has 1 aliphatic rings. The number of methoxy groups -OCH3 is 2. The van der Waals surface area contributed by atoms with E-state index in [4.69, 9.17) is 30.5 Å². The Labute approximate surface area is 230 Å². The van der Waals surface area contributed by atoms with E-state index in [0.29, 0.717) is 11.1 Å². The summed E-state index contributed by atoms with van der Waals surface area (Å²) in [7, 11) is 2.63. The first-order valence-electron chi connectivity index (χ1n) is 11.7. The summed E-state index contributed by atoms with van der Waals surface area (Å²) < 4.78 is 61.4. The summed E-state index contributed by atoms with van der Waals surface area (Å²) in [5.74, 6) is -0.108. The maximum atomic E-state index is 13.2. The lowest BCUT2D eigenvalue weighted by atomic mass is 10.1.